The van der Waals surface area contributed by atoms with E-state index < -0.39 is 0 Å². The third kappa shape index (κ3) is 2.45. The Balaban J connectivity index is 2.18. The molecular weight excluding hydrogens is 292 g/mol. The highest BCUT2D eigenvalue weighted by Gasteiger charge is 2.39. The summed E-state index contributed by atoms with van der Waals surface area (Å²) in [5.74, 6) is 0.0637. The predicted octanol–water partition coefficient (Wildman–Crippen LogP) is 3.22. The second kappa shape index (κ2) is 5.41. The zero-order valence-electron chi connectivity index (χ0n) is 10.6. The fraction of sp³-hybridized carbons (Fsp3) is 0.500. The second-order valence-corrected chi connectivity index (χ2v) is 5.88. The van der Waals surface area contributed by atoms with Gasteiger partial charge in [-0.2, -0.15) is 0 Å². The molecule has 1 saturated carbocycles. The zero-order chi connectivity index (χ0) is 13.2. The number of benzene rings is 1. The summed E-state index contributed by atoms with van der Waals surface area (Å²) in [6.45, 7) is 2.44. The summed E-state index contributed by atoms with van der Waals surface area (Å²) in [4.78, 5) is 12.4. The van der Waals surface area contributed by atoms with Crippen LogP contribution in [0.4, 0.5) is 5.69 Å². The fourth-order valence-corrected chi connectivity index (χ4v) is 2.94. The van der Waals surface area contributed by atoms with Gasteiger partial charge in [-0.05, 0) is 47.3 Å². The van der Waals surface area contributed by atoms with Crippen LogP contribution in [0.2, 0.25) is 0 Å². The number of halogens is 1. The maximum Gasteiger partial charge on any atom is 0.231 e. The zero-order valence-corrected chi connectivity index (χ0v) is 12.2. The molecule has 0 radical (unpaired) electrons. The molecule has 98 valence electrons. The molecule has 3 N–H and O–H groups in total. The van der Waals surface area contributed by atoms with Crippen LogP contribution in [0.3, 0.4) is 0 Å². The van der Waals surface area contributed by atoms with Crippen LogP contribution in [0.5, 0.6) is 0 Å². The first-order chi connectivity index (χ1) is 8.59. The molecule has 0 bridgehead atoms. The molecule has 1 aromatic rings. The van der Waals surface area contributed by atoms with Gasteiger partial charge in [-0.15, -0.1) is 0 Å². The molecule has 0 aromatic heterocycles. The molecule has 4 heteroatoms. The Morgan fingerprint density at radius 2 is 2.11 bits per heavy atom. The van der Waals surface area contributed by atoms with E-state index in [0.29, 0.717) is 6.54 Å². The topological polar surface area (TPSA) is 55.1 Å². The molecule has 0 atom stereocenters. The Hall–Kier alpha value is -0.870. The molecule has 1 amide bonds. The highest BCUT2D eigenvalue weighted by Crippen LogP contribution is 2.38. The summed E-state index contributed by atoms with van der Waals surface area (Å²) in [6.07, 6.45) is 4.00. The predicted molar refractivity (Wildman–Crippen MR) is 77.5 cm³/mol. The lowest BCUT2D eigenvalue weighted by Gasteiger charge is -2.26. The van der Waals surface area contributed by atoms with Gasteiger partial charge in [-0.1, -0.05) is 25.0 Å². The van der Waals surface area contributed by atoms with E-state index in [1.807, 2.05) is 25.1 Å². The molecule has 1 aliphatic rings. The van der Waals surface area contributed by atoms with Gasteiger partial charge >= 0.3 is 0 Å². The van der Waals surface area contributed by atoms with Gasteiger partial charge in [0, 0.05) is 11.0 Å². The van der Waals surface area contributed by atoms with Gasteiger partial charge in [0.05, 0.1) is 11.1 Å². The summed E-state index contributed by atoms with van der Waals surface area (Å²) in [5, 5.41) is 3.02. The lowest BCUT2D eigenvalue weighted by atomic mass is 9.85. The minimum atomic E-state index is -0.358. The highest BCUT2D eigenvalue weighted by atomic mass is 79.9. The van der Waals surface area contributed by atoms with Crippen molar-refractivity contribution in [3.63, 3.8) is 0 Å². The first kappa shape index (κ1) is 13.6. The van der Waals surface area contributed by atoms with Crippen molar-refractivity contribution >= 4 is 27.5 Å². The van der Waals surface area contributed by atoms with Gasteiger partial charge in [0.2, 0.25) is 5.91 Å². The summed E-state index contributed by atoms with van der Waals surface area (Å²) < 4.78 is 0.948. The molecule has 0 heterocycles. The normalized spacial score (nSPS) is 17.7. The van der Waals surface area contributed by atoms with Crippen LogP contribution < -0.4 is 11.1 Å². The summed E-state index contributed by atoms with van der Waals surface area (Å²) in [5.41, 5.74) is 7.41. The Morgan fingerprint density at radius 3 is 2.72 bits per heavy atom. The summed E-state index contributed by atoms with van der Waals surface area (Å²) in [7, 11) is 0. The van der Waals surface area contributed by atoms with E-state index >= 15 is 0 Å². The number of carbonyl (C=O) groups excluding carboxylic acids is 1. The standard InChI is InChI=1S/C14H19BrN2O/c1-10-5-4-6-11(12(10)15)17-13(18)14(9-16)7-2-3-8-14/h4-6H,2-3,7-9,16H2,1H3,(H,17,18). The number of hydrogen-bond acceptors (Lipinski definition) is 2. The minimum Gasteiger partial charge on any atom is -0.329 e. The molecule has 1 aliphatic carbocycles. The number of rotatable bonds is 3. The van der Waals surface area contributed by atoms with Crippen molar-refractivity contribution in [1.29, 1.82) is 0 Å². The molecule has 1 aromatic carbocycles. The quantitative estimate of drug-likeness (QED) is 0.900. The molecule has 18 heavy (non-hydrogen) atoms. The Labute approximate surface area is 116 Å². The maximum atomic E-state index is 12.4. The van der Waals surface area contributed by atoms with Crippen LogP contribution in [0.1, 0.15) is 31.2 Å². The first-order valence-corrected chi connectivity index (χ1v) is 7.15. The van der Waals surface area contributed by atoms with Crippen LogP contribution in [0.25, 0.3) is 0 Å². The third-order valence-electron chi connectivity index (χ3n) is 3.87. The van der Waals surface area contributed by atoms with Crippen LogP contribution >= 0.6 is 15.9 Å². The van der Waals surface area contributed by atoms with E-state index in [0.717, 1.165) is 41.4 Å². The smallest absolute Gasteiger partial charge is 0.231 e. The van der Waals surface area contributed by atoms with E-state index in [2.05, 4.69) is 21.2 Å². The van der Waals surface area contributed by atoms with E-state index in [9.17, 15) is 4.79 Å². The number of aryl methyl sites for hydroxylation is 1. The first-order valence-electron chi connectivity index (χ1n) is 6.36. The number of amides is 1. The molecule has 0 saturated heterocycles. The van der Waals surface area contributed by atoms with Crippen molar-refractivity contribution < 1.29 is 4.79 Å². The third-order valence-corrected chi connectivity index (χ3v) is 4.93. The van der Waals surface area contributed by atoms with Crippen LogP contribution in [0.15, 0.2) is 22.7 Å². The maximum absolute atomic E-state index is 12.4. The largest absolute Gasteiger partial charge is 0.329 e. The number of carbonyl (C=O) groups is 1. The minimum absolute atomic E-state index is 0.0637. The van der Waals surface area contributed by atoms with Crippen molar-refractivity contribution in [3.05, 3.63) is 28.2 Å². The number of nitrogens with two attached hydrogens (primary N) is 1. The van der Waals surface area contributed by atoms with Crippen LogP contribution in [0, 0.1) is 12.3 Å². The van der Waals surface area contributed by atoms with Crippen molar-refractivity contribution in [2.45, 2.75) is 32.6 Å². The summed E-state index contributed by atoms with van der Waals surface area (Å²) in [6, 6.07) is 5.86. The molecule has 0 spiro atoms. The second-order valence-electron chi connectivity index (χ2n) is 5.08. The fourth-order valence-electron chi connectivity index (χ4n) is 2.57. The van der Waals surface area contributed by atoms with Gasteiger partial charge in [-0.25, -0.2) is 0 Å². The molecule has 0 aliphatic heterocycles. The van der Waals surface area contributed by atoms with Gasteiger partial charge in [0.15, 0.2) is 0 Å². The van der Waals surface area contributed by atoms with E-state index in [-0.39, 0.29) is 11.3 Å². The van der Waals surface area contributed by atoms with Crippen molar-refractivity contribution in [3.8, 4) is 0 Å². The average molecular weight is 311 g/mol. The average Bonchev–Trinajstić information content (AvgIpc) is 2.85. The van der Waals surface area contributed by atoms with Crippen molar-refractivity contribution in [2.24, 2.45) is 11.1 Å². The van der Waals surface area contributed by atoms with Crippen LogP contribution in [-0.2, 0) is 4.79 Å². The van der Waals surface area contributed by atoms with Gasteiger partial charge in [-0.3, -0.25) is 4.79 Å². The molecule has 0 unspecified atom stereocenters. The van der Waals surface area contributed by atoms with E-state index in [1.165, 1.54) is 0 Å². The Bertz CT molecular complexity index is 453. The van der Waals surface area contributed by atoms with E-state index in [1.54, 1.807) is 0 Å². The van der Waals surface area contributed by atoms with Gasteiger partial charge < -0.3 is 11.1 Å². The Kier molecular flexibility index (Phi) is 4.07. The number of hydrogen-bond donors (Lipinski definition) is 2. The van der Waals surface area contributed by atoms with Crippen molar-refractivity contribution in [1.82, 2.24) is 0 Å². The van der Waals surface area contributed by atoms with Crippen LogP contribution in [-0.4, -0.2) is 12.5 Å². The van der Waals surface area contributed by atoms with Gasteiger partial charge in [0.25, 0.3) is 0 Å². The lowest BCUT2D eigenvalue weighted by molar-refractivity contribution is -0.124. The molecule has 2 rings (SSSR count). The lowest BCUT2D eigenvalue weighted by Crippen LogP contribution is -2.40. The van der Waals surface area contributed by atoms with E-state index in [4.69, 9.17) is 5.73 Å². The highest BCUT2D eigenvalue weighted by molar-refractivity contribution is 9.10. The Morgan fingerprint density at radius 1 is 1.44 bits per heavy atom. The number of nitrogens with one attached hydrogen (secondary N) is 1. The summed E-state index contributed by atoms with van der Waals surface area (Å²) >= 11 is 3.51. The monoisotopic (exact) mass is 310 g/mol. The number of anilines is 1. The molecular formula is C14H19BrN2O. The molecule has 1 fully saturated rings. The SMILES string of the molecule is Cc1cccc(NC(=O)C2(CN)CCCC2)c1Br. The van der Waals surface area contributed by atoms with Gasteiger partial charge in [0.1, 0.15) is 0 Å². The molecule has 3 nitrogen and oxygen atoms in total. The van der Waals surface area contributed by atoms with Crippen molar-refractivity contribution in [2.75, 3.05) is 11.9 Å².